The van der Waals surface area contributed by atoms with Crippen molar-refractivity contribution < 1.29 is 8.78 Å². The molecule has 1 fully saturated rings. The Kier molecular flexibility index (Phi) is 3.90. The highest BCUT2D eigenvalue weighted by Gasteiger charge is 2.26. The van der Waals surface area contributed by atoms with E-state index in [1.54, 1.807) is 10.8 Å². The summed E-state index contributed by atoms with van der Waals surface area (Å²) in [6, 6.07) is 0.200. The quantitative estimate of drug-likeness (QED) is 0.812. The Balaban J connectivity index is 2.28. The molecule has 7 heteroatoms. The number of hydrogen-bond acceptors (Lipinski definition) is 4. The molecule has 1 aliphatic rings. The molecule has 1 aliphatic carbocycles. The van der Waals surface area contributed by atoms with E-state index >= 15 is 0 Å². The molecule has 0 spiro atoms. The van der Waals surface area contributed by atoms with Gasteiger partial charge in [0.25, 0.3) is 12.0 Å². The molecule has 100 valence electrons. The molecule has 2 N–H and O–H groups in total. The number of anilines is 1. The maximum atomic E-state index is 12.5. The SMILES string of the molecule is NCCN(CC(F)F)c1nccn(C2CC2)c1=O. The summed E-state index contributed by atoms with van der Waals surface area (Å²) in [6.07, 6.45) is 2.47. The van der Waals surface area contributed by atoms with E-state index in [2.05, 4.69) is 4.98 Å². The van der Waals surface area contributed by atoms with E-state index in [1.165, 1.54) is 11.1 Å². The van der Waals surface area contributed by atoms with Gasteiger partial charge in [0.1, 0.15) is 0 Å². The summed E-state index contributed by atoms with van der Waals surface area (Å²) in [5.74, 6) is 0.0650. The fourth-order valence-electron chi connectivity index (χ4n) is 1.88. The van der Waals surface area contributed by atoms with E-state index in [0.717, 1.165) is 12.8 Å². The fraction of sp³-hybridized carbons (Fsp3) is 0.636. The molecule has 0 unspecified atom stereocenters. The Hall–Kier alpha value is -1.50. The van der Waals surface area contributed by atoms with Gasteiger partial charge in [-0.3, -0.25) is 4.79 Å². The zero-order valence-electron chi connectivity index (χ0n) is 9.93. The van der Waals surface area contributed by atoms with Gasteiger partial charge in [-0.1, -0.05) is 0 Å². The van der Waals surface area contributed by atoms with Gasteiger partial charge in [-0.2, -0.15) is 0 Å². The van der Waals surface area contributed by atoms with Crippen molar-refractivity contribution in [1.82, 2.24) is 9.55 Å². The molecule has 1 aromatic rings. The van der Waals surface area contributed by atoms with Crippen LogP contribution in [-0.2, 0) is 0 Å². The van der Waals surface area contributed by atoms with E-state index < -0.39 is 13.0 Å². The predicted molar refractivity (Wildman–Crippen MR) is 64.0 cm³/mol. The molecular formula is C11H16F2N4O. The van der Waals surface area contributed by atoms with Gasteiger partial charge >= 0.3 is 0 Å². The minimum Gasteiger partial charge on any atom is -0.345 e. The normalized spacial score (nSPS) is 15.1. The Morgan fingerprint density at radius 3 is 2.83 bits per heavy atom. The first-order valence-electron chi connectivity index (χ1n) is 5.93. The molecule has 1 aromatic heterocycles. The van der Waals surface area contributed by atoms with E-state index in [4.69, 9.17) is 5.73 Å². The van der Waals surface area contributed by atoms with Gasteiger partial charge in [-0.25, -0.2) is 13.8 Å². The molecule has 0 aliphatic heterocycles. The van der Waals surface area contributed by atoms with Crippen LogP contribution in [0.25, 0.3) is 0 Å². The summed E-state index contributed by atoms with van der Waals surface area (Å²) in [7, 11) is 0. The maximum Gasteiger partial charge on any atom is 0.293 e. The molecule has 0 bridgehead atoms. The second-order valence-corrected chi connectivity index (χ2v) is 4.32. The number of hydrogen-bond donors (Lipinski definition) is 1. The van der Waals surface area contributed by atoms with E-state index in [1.807, 2.05) is 0 Å². The second kappa shape index (κ2) is 5.43. The van der Waals surface area contributed by atoms with Crippen molar-refractivity contribution in [3.63, 3.8) is 0 Å². The second-order valence-electron chi connectivity index (χ2n) is 4.32. The van der Waals surface area contributed by atoms with Crippen LogP contribution in [0.2, 0.25) is 0 Å². The lowest BCUT2D eigenvalue weighted by atomic mass is 10.4. The van der Waals surface area contributed by atoms with Crippen molar-refractivity contribution in [3.8, 4) is 0 Å². The lowest BCUT2D eigenvalue weighted by molar-refractivity contribution is 0.154. The molecule has 1 saturated carbocycles. The summed E-state index contributed by atoms with van der Waals surface area (Å²) in [5.41, 5.74) is 5.07. The first-order chi connectivity index (χ1) is 8.63. The smallest absolute Gasteiger partial charge is 0.293 e. The van der Waals surface area contributed by atoms with Crippen LogP contribution in [-0.4, -0.2) is 35.6 Å². The molecule has 5 nitrogen and oxygen atoms in total. The van der Waals surface area contributed by atoms with Crippen LogP contribution < -0.4 is 16.2 Å². The van der Waals surface area contributed by atoms with Crippen molar-refractivity contribution in [3.05, 3.63) is 22.7 Å². The van der Waals surface area contributed by atoms with Crippen LogP contribution in [0.5, 0.6) is 0 Å². The van der Waals surface area contributed by atoms with Crippen molar-refractivity contribution >= 4 is 5.82 Å². The highest BCUT2D eigenvalue weighted by atomic mass is 19.3. The number of halogens is 2. The maximum absolute atomic E-state index is 12.5. The number of alkyl halides is 2. The topological polar surface area (TPSA) is 64.2 Å². The van der Waals surface area contributed by atoms with Crippen molar-refractivity contribution in [1.29, 1.82) is 0 Å². The van der Waals surface area contributed by atoms with Gasteiger partial charge in [0.15, 0.2) is 5.82 Å². The third kappa shape index (κ3) is 2.84. The van der Waals surface area contributed by atoms with Gasteiger partial charge in [-0.05, 0) is 12.8 Å². The number of aromatic nitrogens is 2. The Morgan fingerprint density at radius 2 is 2.28 bits per heavy atom. The standard InChI is InChI=1S/C11H16F2N4O/c12-9(13)7-16(5-3-14)10-11(18)17(6-4-15-10)8-1-2-8/h4,6,8-9H,1-3,5,7,14H2. The molecule has 18 heavy (non-hydrogen) atoms. The number of nitrogens with two attached hydrogens (primary N) is 1. The largest absolute Gasteiger partial charge is 0.345 e. The Labute approximate surface area is 103 Å². The average molecular weight is 258 g/mol. The zero-order valence-corrected chi connectivity index (χ0v) is 9.93. The van der Waals surface area contributed by atoms with Crippen molar-refractivity contribution in [2.75, 3.05) is 24.5 Å². The van der Waals surface area contributed by atoms with Crippen LogP contribution in [0.15, 0.2) is 17.2 Å². The first-order valence-corrected chi connectivity index (χ1v) is 5.93. The van der Waals surface area contributed by atoms with Crippen LogP contribution in [0.4, 0.5) is 14.6 Å². The van der Waals surface area contributed by atoms with Crippen LogP contribution in [0.1, 0.15) is 18.9 Å². The Morgan fingerprint density at radius 1 is 1.56 bits per heavy atom. The minimum absolute atomic E-state index is 0.0650. The molecule has 1 heterocycles. The monoisotopic (exact) mass is 258 g/mol. The highest BCUT2D eigenvalue weighted by molar-refractivity contribution is 5.36. The lowest BCUT2D eigenvalue weighted by Gasteiger charge is -2.22. The van der Waals surface area contributed by atoms with Gasteiger partial charge in [0.2, 0.25) is 0 Å². The predicted octanol–water partition coefficient (Wildman–Crippen LogP) is 0.608. The molecule has 0 radical (unpaired) electrons. The van der Waals surface area contributed by atoms with Crippen LogP contribution >= 0.6 is 0 Å². The molecule has 0 aromatic carbocycles. The summed E-state index contributed by atoms with van der Waals surface area (Å²) in [4.78, 5) is 17.3. The average Bonchev–Trinajstić information content (AvgIpc) is 3.12. The zero-order chi connectivity index (χ0) is 13.1. The first kappa shape index (κ1) is 12.9. The van der Waals surface area contributed by atoms with Gasteiger partial charge in [-0.15, -0.1) is 0 Å². The molecule has 2 rings (SSSR count). The van der Waals surface area contributed by atoms with Crippen LogP contribution in [0.3, 0.4) is 0 Å². The lowest BCUT2D eigenvalue weighted by Crippen LogP contribution is -2.39. The number of nitrogens with zero attached hydrogens (tertiary/aromatic N) is 3. The minimum atomic E-state index is -2.52. The molecular weight excluding hydrogens is 242 g/mol. The summed E-state index contributed by atoms with van der Waals surface area (Å²) >= 11 is 0. The Bertz CT molecular complexity index is 459. The highest BCUT2D eigenvalue weighted by Crippen LogP contribution is 2.33. The van der Waals surface area contributed by atoms with Gasteiger partial charge < -0.3 is 15.2 Å². The molecule has 0 amide bonds. The van der Waals surface area contributed by atoms with Gasteiger partial charge in [0, 0.05) is 31.5 Å². The van der Waals surface area contributed by atoms with Gasteiger partial charge in [0.05, 0.1) is 6.54 Å². The third-order valence-electron chi connectivity index (χ3n) is 2.85. The van der Waals surface area contributed by atoms with Crippen molar-refractivity contribution in [2.45, 2.75) is 25.3 Å². The molecule has 0 atom stereocenters. The third-order valence-corrected chi connectivity index (χ3v) is 2.85. The summed E-state index contributed by atoms with van der Waals surface area (Å²) < 4.78 is 26.5. The fourth-order valence-corrected chi connectivity index (χ4v) is 1.88. The molecule has 0 saturated heterocycles. The van der Waals surface area contributed by atoms with Crippen LogP contribution in [0, 0.1) is 0 Å². The number of rotatable bonds is 6. The van der Waals surface area contributed by atoms with E-state index in [9.17, 15) is 13.6 Å². The summed E-state index contributed by atoms with van der Waals surface area (Å²) in [6.45, 7) is -0.123. The van der Waals surface area contributed by atoms with Crippen molar-refractivity contribution in [2.24, 2.45) is 5.73 Å². The van der Waals surface area contributed by atoms with E-state index in [0.29, 0.717) is 0 Å². The summed E-state index contributed by atoms with van der Waals surface area (Å²) in [5, 5.41) is 0. The van der Waals surface area contributed by atoms with E-state index in [-0.39, 0.29) is 30.5 Å².